The summed E-state index contributed by atoms with van der Waals surface area (Å²) in [5, 5.41) is 0. The lowest BCUT2D eigenvalue weighted by Crippen LogP contribution is -2.38. The van der Waals surface area contributed by atoms with Gasteiger partial charge in [-0.15, -0.1) is 0 Å². The zero-order valence-electron chi connectivity index (χ0n) is 15.4. The van der Waals surface area contributed by atoms with Gasteiger partial charge >= 0.3 is 5.97 Å². The molecule has 1 aliphatic heterocycles. The molecule has 6 heteroatoms. The summed E-state index contributed by atoms with van der Waals surface area (Å²) in [4.78, 5) is 31.3. The summed E-state index contributed by atoms with van der Waals surface area (Å²) >= 11 is 0. The van der Waals surface area contributed by atoms with Crippen LogP contribution in [0.4, 0.5) is 5.69 Å². The summed E-state index contributed by atoms with van der Waals surface area (Å²) in [6, 6.07) is 9.51. The number of methoxy groups -OCH3 is 1. The normalized spacial score (nSPS) is 15.8. The maximum atomic E-state index is 13.1. The average Bonchev–Trinajstić information content (AvgIpc) is 2.72. The van der Waals surface area contributed by atoms with Gasteiger partial charge in [-0.25, -0.2) is 4.98 Å². The molecule has 26 heavy (non-hydrogen) atoms. The third kappa shape index (κ3) is 3.03. The zero-order valence-corrected chi connectivity index (χ0v) is 15.4. The fourth-order valence-corrected chi connectivity index (χ4v) is 3.27. The smallest absolute Gasteiger partial charge is 0.326 e. The molecule has 3 rings (SSSR count). The number of esters is 1. The third-order valence-corrected chi connectivity index (χ3v) is 4.54. The Kier molecular flexibility index (Phi) is 4.93. The van der Waals surface area contributed by atoms with Crippen LogP contribution in [-0.2, 0) is 14.3 Å². The van der Waals surface area contributed by atoms with Gasteiger partial charge in [-0.1, -0.05) is 24.3 Å². The Labute approximate surface area is 152 Å². The van der Waals surface area contributed by atoms with E-state index in [1.807, 2.05) is 44.2 Å². The molecule has 136 valence electrons. The van der Waals surface area contributed by atoms with Crippen LogP contribution in [0, 0.1) is 6.92 Å². The number of carbonyl (C=O) groups excluding carboxylic acids is 2. The molecule has 6 nitrogen and oxygen atoms in total. The molecule has 0 saturated heterocycles. The second-order valence-corrected chi connectivity index (χ2v) is 6.22. The Balaban J connectivity index is 2.23. The van der Waals surface area contributed by atoms with Crippen LogP contribution in [0.25, 0.3) is 11.3 Å². The van der Waals surface area contributed by atoms with Crippen LogP contribution in [-0.4, -0.2) is 37.1 Å². The molecule has 1 aromatic carbocycles. The number of anilines is 1. The standard InChI is InChI=1S/C20H22N2O4/c1-5-26-17(23)11-22-16-10-12(2)19(25-4)21-18(16)15-9-7-6-8-14(15)13(3)20(22)24/h6-10,13H,5,11H2,1-4H3. The molecule has 0 bridgehead atoms. The van der Waals surface area contributed by atoms with Gasteiger partial charge in [0.05, 0.1) is 31.0 Å². The molecule has 2 heterocycles. The topological polar surface area (TPSA) is 68.7 Å². The van der Waals surface area contributed by atoms with Crippen molar-refractivity contribution in [1.82, 2.24) is 4.98 Å². The average molecular weight is 354 g/mol. The van der Waals surface area contributed by atoms with Crippen LogP contribution in [0.3, 0.4) is 0 Å². The number of hydrogen-bond acceptors (Lipinski definition) is 5. The van der Waals surface area contributed by atoms with E-state index >= 15 is 0 Å². The number of pyridine rings is 1. The van der Waals surface area contributed by atoms with E-state index in [9.17, 15) is 9.59 Å². The summed E-state index contributed by atoms with van der Waals surface area (Å²) in [5.74, 6) is -0.508. The molecular formula is C20H22N2O4. The van der Waals surface area contributed by atoms with E-state index in [1.165, 1.54) is 4.90 Å². The van der Waals surface area contributed by atoms with E-state index in [0.29, 0.717) is 17.3 Å². The van der Waals surface area contributed by atoms with E-state index in [0.717, 1.165) is 16.7 Å². The van der Waals surface area contributed by atoms with Crippen molar-refractivity contribution >= 4 is 17.6 Å². The largest absolute Gasteiger partial charge is 0.481 e. The predicted octanol–water partition coefficient (Wildman–Crippen LogP) is 3.08. The molecule has 0 saturated carbocycles. The van der Waals surface area contributed by atoms with Crippen molar-refractivity contribution in [2.75, 3.05) is 25.2 Å². The quantitative estimate of drug-likeness (QED) is 0.789. The molecule has 1 amide bonds. The van der Waals surface area contributed by atoms with Crippen molar-refractivity contribution in [3.63, 3.8) is 0 Å². The van der Waals surface area contributed by atoms with Crippen LogP contribution in [0.15, 0.2) is 30.3 Å². The number of aryl methyl sites for hydroxylation is 1. The summed E-state index contributed by atoms with van der Waals surface area (Å²) in [6.07, 6.45) is 0. The number of fused-ring (bicyclic) bond motifs is 3. The Morgan fingerprint density at radius 1 is 1.31 bits per heavy atom. The lowest BCUT2D eigenvalue weighted by Gasteiger charge is -2.24. The first-order chi connectivity index (χ1) is 12.5. The molecule has 0 radical (unpaired) electrons. The number of amides is 1. The highest BCUT2D eigenvalue weighted by atomic mass is 16.5. The van der Waals surface area contributed by atoms with Gasteiger partial charge in [-0.05, 0) is 32.4 Å². The van der Waals surface area contributed by atoms with E-state index in [4.69, 9.17) is 9.47 Å². The first-order valence-corrected chi connectivity index (χ1v) is 8.59. The van der Waals surface area contributed by atoms with Crippen molar-refractivity contribution < 1.29 is 19.1 Å². The van der Waals surface area contributed by atoms with Crippen LogP contribution in [0.2, 0.25) is 0 Å². The summed E-state index contributed by atoms with van der Waals surface area (Å²) in [6.45, 7) is 5.56. The molecule has 0 N–H and O–H groups in total. The van der Waals surface area contributed by atoms with Gasteiger partial charge in [0.1, 0.15) is 6.54 Å². The van der Waals surface area contributed by atoms with Crippen molar-refractivity contribution in [2.45, 2.75) is 26.7 Å². The molecule has 0 aliphatic carbocycles. The van der Waals surface area contributed by atoms with Crippen LogP contribution in [0.1, 0.15) is 30.9 Å². The summed E-state index contributed by atoms with van der Waals surface area (Å²) < 4.78 is 10.4. The first-order valence-electron chi connectivity index (χ1n) is 8.59. The van der Waals surface area contributed by atoms with E-state index in [1.54, 1.807) is 14.0 Å². The lowest BCUT2D eigenvalue weighted by molar-refractivity contribution is -0.142. The van der Waals surface area contributed by atoms with E-state index < -0.39 is 11.9 Å². The first kappa shape index (κ1) is 17.9. The highest BCUT2D eigenvalue weighted by Crippen LogP contribution is 2.41. The lowest BCUT2D eigenvalue weighted by atomic mass is 9.94. The zero-order chi connectivity index (χ0) is 18.8. The van der Waals surface area contributed by atoms with Crippen LogP contribution in [0.5, 0.6) is 5.88 Å². The van der Waals surface area contributed by atoms with Crippen molar-refractivity contribution in [3.8, 4) is 17.1 Å². The third-order valence-electron chi connectivity index (χ3n) is 4.54. The van der Waals surface area contributed by atoms with Gasteiger partial charge < -0.3 is 9.47 Å². The second-order valence-electron chi connectivity index (χ2n) is 6.22. The number of rotatable bonds is 4. The molecule has 1 unspecified atom stereocenters. The van der Waals surface area contributed by atoms with Gasteiger partial charge in [0.2, 0.25) is 11.8 Å². The van der Waals surface area contributed by atoms with Gasteiger partial charge in [-0.3, -0.25) is 14.5 Å². The number of benzene rings is 1. The maximum Gasteiger partial charge on any atom is 0.326 e. The minimum Gasteiger partial charge on any atom is -0.481 e. The van der Waals surface area contributed by atoms with Crippen molar-refractivity contribution in [2.24, 2.45) is 0 Å². The highest BCUT2D eigenvalue weighted by Gasteiger charge is 2.34. The molecule has 1 aliphatic rings. The molecule has 0 spiro atoms. The van der Waals surface area contributed by atoms with Crippen LogP contribution >= 0.6 is 0 Å². The fourth-order valence-electron chi connectivity index (χ4n) is 3.27. The Hall–Kier alpha value is -2.89. The van der Waals surface area contributed by atoms with E-state index in [2.05, 4.69) is 4.98 Å². The molecule has 1 aromatic heterocycles. The van der Waals surface area contributed by atoms with Gasteiger partial charge in [0.25, 0.3) is 0 Å². The Morgan fingerprint density at radius 2 is 2.04 bits per heavy atom. The molecular weight excluding hydrogens is 332 g/mol. The minimum absolute atomic E-state index is 0.147. The highest BCUT2D eigenvalue weighted by molar-refractivity contribution is 6.06. The number of carbonyl (C=O) groups is 2. The van der Waals surface area contributed by atoms with Gasteiger partial charge in [-0.2, -0.15) is 0 Å². The number of hydrogen-bond donors (Lipinski definition) is 0. The maximum absolute atomic E-state index is 13.1. The summed E-state index contributed by atoms with van der Waals surface area (Å²) in [5.41, 5.74) is 3.76. The second kappa shape index (κ2) is 7.15. The number of aromatic nitrogens is 1. The Morgan fingerprint density at radius 3 is 2.73 bits per heavy atom. The fraction of sp³-hybridized carbons (Fsp3) is 0.350. The predicted molar refractivity (Wildman–Crippen MR) is 98.4 cm³/mol. The van der Waals surface area contributed by atoms with Crippen molar-refractivity contribution in [1.29, 1.82) is 0 Å². The number of ether oxygens (including phenoxy) is 2. The van der Waals surface area contributed by atoms with Crippen molar-refractivity contribution in [3.05, 3.63) is 41.5 Å². The SMILES string of the molecule is CCOC(=O)CN1C(=O)C(C)c2ccccc2-c2nc(OC)c(C)cc21. The van der Waals surface area contributed by atoms with Gasteiger partial charge in [0, 0.05) is 11.1 Å². The van der Waals surface area contributed by atoms with Gasteiger partial charge in [0.15, 0.2) is 0 Å². The molecule has 0 fully saturated rings. The molecule has 1 atom stereocenters. The summed E-state index contributed by atoms with van der Waals surface area (Å²) in [7, 11) is 1.56. The molecule has 2 aromatic rings. The minimum atomic E-state index is -0.446. The van der Waals surface area contributed by atoms with Crippen LogP contribution < -0.4 is 9.64 Å². The number of nitrogens with zero attached hydrogens (tertiary/aromatic N) is 2. The van der Waals surface area contributed by atoms with E-state index in [-0.39, 0.29) is 19.1 Å². The monoisotopic (exact) mass is 354 g/mol. The Bertz CT molecular complexity index is 863.